The van der Waals surface area contributed by atoms with Crippen LogP contribution >= 0.6 is 0 Å². The van der Waals surface area contributed by atoms with Crippen LogP contribution in [0.4, 0.5) is 4.79 Å². The number of carbonyl (C=O) groups is 2. The number of hydrogen-bond donors (Lipinski definition) is 2. The van der Waals surface area contributed by atoms with Gasteiger partial charge in [0.25, 0.3) is 0 Å². The molecule has 1 rings (SSSR count). The van der Waals surface area contributed by atoms with Crippen LogP contribution in [0.1, 0.15) is 20.3 Å². The number of rotatable bonds is 3. The molecule has 3 N–H and O–H groups in total. The molecule has 1 aliphatic rings. The van der Waals surface area contributed by atoms with Crippen molar-refractivity contribution in [2.75, 3.05) is 19.6 Å². The number of morpholine rings is 1. The molecule has 0 bridgehead atoms. The van der Waals surface area contributed by atoms with E-state index in [0.717, 1.165) is 13.1 Å². The molecular formula is C10H19N3O3. The third-order valence-electron chi connectivity index (χ3n) is 2.41. The van der Waals surface area contributed by atoms with Crippen LogP contribution in [0.5, 0.6) is 0 Å². The summed E-state index contributed by atoms with van der Waals surface area (Å²) >= 11 is 0. The molecule has 1 heterocycles. The van der Waals surface area contributed by atoms with Crippen molar-refractivity contribution in [3.63, 3.8) is 0 Å². The number of amides is 3. The fraction of sp³-hybridized carbons (Fsp3) is 0.800. The van der Waals surface area contributed by atoms with Gasteiger partial charge in [-0.15, -0.1) is 0 Å². The van der Waals surface area contributed by atoms with E-state index in [0.29, 0.717) is 6.54 Å². The Balaban J connectivity index is 2.26. The maximum Gasteiger partial charge on any atom is 0.318 e. The van der Waals surface area contributed by atoms with Gasteiger partial charge in [-0.25, -0.2) is 4.79 Å². The van der Waals surface area contributed by atoms with Crippen LogP contribution in [0, 0.1) is 0 Å². The van der Waals surface area contributed by atoms with Gasteiger partial charge >= 0.3 is 6.03 Å². The Bertz CT molecular complexity index is 260. The number of nitrogens with two attached hydrogens (primary N) is 1. The summed E-state index contributed by atoms with van der Waals surface area (Å²) in [6.45, 7) is 6.26. The summed E-state index contributed by atoms with van der Waals surface area (Å²) in [4.78, 5) is 23.8. The molecule has 0 aromatic heterocycles. The fourth-order valence-corrected chi connectivity index (χ4v) is 1.93. The Morgan fingerprint density at radius 1 is 1.38 bits per heavy atom. The van der Waals surface area contributed by atoms with Crippen LogP contribution in [0.15, 0.2) is 0 Å². The van der Waals surface area contributed by atoms with Gasteiger partial charge in [-0.3, -0.25) is 15.0 Å². The Hall–Kier alpha value is -1.14. The van der Waals surface area contributed by atoms with Gasteiger partial charge in [0.1, 0.15) is 0 Å². The first kappa shape index (κ1) is 12.9. The molecule has 0 radical (unpaired) electrons. The summed E-state index contributed by atoms with van der Waals surface area (Å²) in [6, 6.07) is -0.797. The number of imide groups is 1. The Kier molecular flexibility index (Phi) is 4.70. The topological polar surface area (TPSA) is 84.7 Å². The van der Waals surface area contributed by atoms with Crippen LogP contribution in [-0.4, -0.2) is 48.7 Å². The molecule has 0 aliphatic carbocycles. The predicted octanol–water partition coefficient (Wildman–Crippen LogP) is -0.319. The monoisotopic (exact) mass is 229 g/mol. The van der Waals surface area contributed by atoms with Crippen LogP contribution < -0.4 is 11.1 Å². The lowest BCUT2D eigenvalue weighted by Gasteiger charge is -2.35. The summed E-state index contributed by atoms with van der Waals surface area (Å²) in [6.07, 6.45) is 0.647. The number of ether oxygens (including phenoxy) is 1. The molecule has 3 amide bonds. The molecule has 1 saturated heterocycles. The lowest BCUT2D eigenvalue weighted by atomic mass is 10.2. The van der Waals surface area contributed by atoms with Crippen LogP contribution in [0.3, 0.4) is 0 Å². The summed E-state index contributed by atoms with van der Waals surface area (Å²) in [5.41, 5.74) is 4.84. The minimum Gasteiger partial charge on any atom is -0.373 e. The van der Waals surface area contributed by atoms with E-state index in [9.17, 15) is 9.59 Å². The van der Waals surface area contributed by atoms with Gasteiger partial charge in [0.05, 0.1) is 12.2 Å². The minimum absolute atomic E-state index is 0.183. The standard InChI is InChI=1S/C10H19N3O3/c1-7-5-13(6-8(2)16-7)4-3-9(14)12-10(11)15/h7-8H,3-6H2,1-2H3,(H3,11,12,14,15). The zero-order valence-corrected chi connectivity index (χ0v) is 9.73. The molecule has 0 saturated carbocycles. The molecule has 2 unspecified atom stereocenters. The summed E-state index contributed by atoms with van der Waals surface area (Å²) in [5, 5.41) is 2.05. The van der Waals surface area contributed by atoms with Crippen molar-refractivity contribution >= 4 is 11.9 Å². The minimum atomic E-state index is -0.797. The van der Waals surface area contributed by atoms with E-state index in [1.54, 1.807) is 0 Å². The van der Waals surface area contributed by atoms with E-state index in [4.69, 9.17) is 10.5 Å². The second-order valence-corrected chi connectivity index (χ2v) is 4.18. The first-order valence-electron chi connectivity index (χ1n) is 5.44. The summed E-state index contributed by atoms with van der Waals surface area (Å²) in [7, 11) is 0. The second-order valence-electron chi connectivity index (χ2n) is 4.18. The van der Waals surface area contributed by atoms with E-state index in [2.05, 4.69) is 4.90 Å². The van der Waals surface area contributed by atoms with Gasteiger partial charge in [0, 0.05) is 26.1 Å². The van der Waals surface area contributed by atoms with Gasteiger partial charge in [-0.05, 0) is 13.8 Å². The van der Waals surface area contributed by atoms with Gasteiger partial charge < -0.3 is 10.5 Å². The highest BCUT2D eigenvalue weighted by atomic mass is 16.5. The molecule has 2 atom stereocenters. The molecule has 16 heavy (non-hydrogen) atoms. The van der Waals surface area contributed by atoms with Crippen molar-refractivity contribution in [3.8, 4) is 0 Å². The van der Waals surface area contributed by atoms with E-state index >= 15 is 0 Å². The highest BCUT2D eigenvalue weighted by Gasteiger charge is 2.22. The zero-order chi connectivity index (χ0) is 12.1. The van der Waals surface area contributed by atoms with E-state index < -0.39 is 6.03 Å². The fourth-order valence-electron chi connectivity index (χ4n) is 1.93. The van der Waals surface area contributed by atoms with Gasteiger partial charge in [-0.2, -0.15) is 0 Å². The first-order valence-corrected chi connectivity index (χ1v) is 5.44. The molecule has 92 valence electrons. The van der Waals surface area contributed by atoms with Crippen molar-refractivity contribution in [1.82, 2.24) is 10.2 Å². The lowest BCUT2D eigenvalue weighted by molar-refractivity contribution is -0.121. The first-order chi connectivity index (χ1) is 7.47. The Morgan fingerprint density at radius 2 is 1.94 bits per heavy atom. The number of nitrogens with zero attached hydrogens (tertiary/aromatic N) is 1. The largest absolute Gasteiger partial charge is 0.373 e. The average molecular weight is 229 g/mol. The number of carbonyl (C=O) groups excluding carboxylic acids is 2. The van der Waals surface area contributed by atoms with Crippen molar-refractivity contribution in [3.05, 3.63) is 0 Å². The van der Waals surface area contributed by atoms with Crippen LogP contribution in [-0.2, 0) is 9.53 Å². The van der Waals surface area contributed by atoms with Gasteiger partial charge in [0.15, 0.2) is 0 Å². The smallest absolute Gasteiger partial charge is 0.318 e. The van der Waals surface area contributed by atoms with Crippen molar-refractivity contribution in [1.29, 1.82) is 0 Å². The molecule has 1 aliphatic heterocycles. The molecule has 0 aromatic rings. The van der Waals surface area contributed by atoms with E-state index in [-0.39, 0.29) is 24.5 Å². The van der Waals surface area contributed by atoms with E-state index in [1.807, 2.05) is 19.2 Å². The number of primary amides is 1. The van der Waals surface area contributed by atoms with Gasteiger partial charge in [0.2, 0.25) is 5.91 Å². The van der Waals surface area contributed by atoms with Crippen LogP contribution in [0.2, 0.25) is 0 Å². The normalized spacial score (nSPS) is 26.4. The molecule has 1 fully saturated rings. The third-order valence-corrected chi connectivity index (χ3v) is 2.41. The predicted molar refractivity (Wildman–Crippen MR) is 58.8 cm³/mol. The molecule has 0 spiro atoms. The summed E-state index contributed by atoms with van der Waals surface area (Å²) in [5.74, 6) is -0.334. The zero-order valence-electron chi connectivity index (χ0n) is 9.73. The quantitative estimate of drug-likeness (QED) is 0.694. The number of urea groups is 1. The Labute approximate surface area is 95.1 Å². The van der Waals surface area contributed by atoms with Gasteiger partial charge in [-0.1, -0.05) is 0 Å². The average Bonchev–Trinajstić information content (AvgIpc) is 2.12. The van der Waals surface area contributed by atoms with Crippen molar-refractivity contribution < 1.29 is 14.3 Å². The van der Waals surface area contributed by atoms with Crippen molar-refractivity contribution in [2.45, 2.75) is 32.5 Å². The third kappa shape index (κ3) is 4.59. The Morgan fingerprint density at radius 3 is 2.44 bits per heavy atom. The highest BCUT2D eigenvalue weighted by Crippen LogP contribution is 2.10. The maximum absolute atomic E-state index is 11.2. The van der Waals surface area contributed by atoms with Crippen LogP contribution in [0.25, 0.3) is 0 Å². The summed E-state index contributed by atoms with van der Waals surface area (Å²) < 4.78 is 5.57. The SMILES string of the molecule is CC1CN(CCC(=O)NC(N)=O)CC(C)O1. The van der Waals surface area contributed by atoms with E-state index in [1.165, 1.54) is 0 Å². The molecule has 6 heteroatoms. The second kappa shape index (κ2) is 5.81. The lowest BCUT2D eigenvalue weighted by Crippen LogP contribution is -2.46. The molecule has 6 nitrogen and oxygen atoms in total. The number of nitrogens with one attached hydrogen (secondary N) is 1. The highest BCUT2D eigenvalue weighted by molar-refractivity contribution is 5.93. The molecule has 0 aromatic carbocycles. The molecular weight excluding hydrogens is 210 g/mol. The van der Waals surface area contributed by atoms with Crippen molar-refractivity contribution in [2.24, 2.45) is 5.73 Å². The number of hydrogen-bond acceptors (Lipinski definition) is 4. The maximum atomic E-state index is 11.2.